The van der Waals surface area contributed by atoms with Crippen LogP contribution in [0.1, 0.15) is 25.8 Å². The Balaban J connectivity index is 2.23. The van der Waals surface area contributed by atoms with Gasteiger partial charge in [0, 0.05) is 12.6 Å². The molecule has 0 saturated heterocycles. The number of nitrogens with one attached hydrogen (secondary N) is 1. The zero-order valence-electron chi connectivity index (χ0n) is 11.0. The maximum Gasteiger partial charge on any atom is 0.123 e. The second-order valence-electron chi connectivity index (χ2n) is 4.83. The molecule has 0 aliphatic carbocycles. The molecule has 0 aliphatic rings. The van der Waals surface area contributed by atoms with Crippen LogP contribution in [0.25, 0.3) is 0 Å². The van der Waals surface area contributed by atoms with E-state index in [-0.39, 0.29) is 5.82 Å². The van der Waals surface area contributed by atoms with Crippen LogP contribution in [0.5, 0.6) is 0 Å². The van der Waals surface area contributed by atoms with E-state index in [1.165, 1.54) is 6.07 Å². The first-order valence-electron chi connectivity index (χ1n) is 6.24. The van der Waals surface area contributed by atoms with Gasteiger partial charge in [0.2, 0.25) is 0 Å². The van der Waals surface area contributed by atoms with Gasteiger partial charge < -0.3 is 10.2 Å². The van der Waals surface area contributed by atoms with Gasteiger partial charge in [-0.05, 0) is 44.3 Å². The average molecular weight is 238 g/mol. The standard InChI is InChI=1S/C14H23FN2/c1-12(2)16-8-5-9-17(3)11-13-6-4-7-14(15)10-13/h4,6-7,10,12,16H,5,8-9,11H2,1-3H3. The highest BCUT2D eigenvalue weighted by atomic mass is 19.1. The first-order chi connectivity index (χ1) is 8.08. The molecule has 1 aromatic rings. The highest BCUT2D eigenvalue weighted by Gasteiger charge is 2.01. The summed E-state index contributed by atoms with van der Waals surface area (Å²) in [5.41, 5.74) is 1.03. The van der Waals surface area contributed by atoms with E-state index in [0.29, 0.717) is 6.04 Å². The molecule has 1 aromatic carbocycles. The van der Waals surface area contributed by atoms with Crippen molar-refractivity contribution in [1.29, 1.82) is 0 Å². The Morgan fingerprint density at radius 2 is 2.12 bits per heavy atom. The molecule has 0 radical (unpaired) electrons. The van der Waals surface area contributed by atoms with E-state index in [2.05, 4.69) is 31.1 Å². The van der Waals surface area contributed by atoms with Crippen molar-refractivity contribution in [3.8, 4) is 0 Å². The fourth-order valence-electron chi connectivity index (χ4n) is 1.77. The van der Waals surface area contributed by atoms with Crippen LogP contribution in [0, 0.1) is 5.82 Å². The van der Waals surface area contributed by atoms with Gasteiger partial charge in [-0.15, -0.1) is 0 Å². The van der Waals surface area contributed by atoms with Crippen LogP contribution in [0.2, 0.25) is 0 Å². The zero-order chi connectivity index (χ0) is 12.7. The lowest BCUT2D eigenvalue weighted by Crippen LogP contribution is -2.27. The van der Waals surface area contributed by atoms with Gasteiger partial charge in [0.1, 0.15) is 5.82 Å². The molecular formula is C14H23FN2. The summed E-state index contributed by atoms with van der Waals surface area (Å²) in [4.78, 5) is 2.22. The van der Waals surface area contributed by atoms with Crippen LogP contribution in [0.3, 0.4) is 0 Å². The second-order valence-corrected chi connectivity index (χ2v) is 4.83. The van der Waals surface area contributed by atoms with Gasteiger partial charge in [0.25, 0.3) is 0 Å². The van der Waals surface area contributed by atoms with Crippen LogP contribution < -0.4 is 5.32 Å². The highest BCUT2D eigenvalue weighted by molar-refractivity contribution is 5.15. The van der Waals surface area contributed by atoms with E-state index in [9.17, 15) is 4.39 Å². The molecule has 0 amide bonds. The fraction of sp³-hybridized carbons (Fsp3) is 0.571. The van der Waals surface area contributed by atoms with Crippen molar-refractivity contribution in [2.45, 2.75) is 32.9 Å². The van der Waals surface area contributed by atoms with Crippen LogP contribution in [0.15, 0.2) is 24.3 Å². The Hall–Kier alpha value is -0.930. The van der Waals surface area contributed by atoms with Crippen molar-refractivity contribution in [2.24, 2.45) is 0 Å². The van der Waals surface area contributed by atoms with E-state index < -0.39 is 0 Å². The molecule has 0 unspecified atom stereocenters. The van der Waals surface area contributed by atoms with E-state index in [1.807, 2.05) is 6.07 Å². The Kier molecular flexibility index (Phi) is 6.16. The molecule has 0 spiro atoms. The molecule has 0 bridgehead atoms. The van der Waals surface area contributed by atoms with Crippen LogP contribution >= 0.6 is 0 Å². The number of halogens is 1. The van der Waals surface area contributed by atoms with Gasteiger partial charge >= 0.3 is 0 Å². The largest absolute Gasteiger partial charge is 0.314 e. The molecule has 0 atom stereocenters. The average Bonchev–Trinajstić information content (AvgIpc) is 2.24. The van der Waals surface area contributed by atoms with Crippen molar-refractivity contribution >= 4 is 0 Å². The molecule has 0 heterocycles. The minimum atomic E-state index is -0.155. The van der Waals surface area contributed by atoms with Crippen LogP contribution in [-0.4, -0.2) is 31.1 Å². The van der Waals surface area contributed by atoms with Crippen molar-refractivity contribution in [3.05, 3.63) is 35.6 Å². The molecule has 1 N–H and O–H groups in total. The number of rotatable bonds is 7. The third-order valence-corrected chi connectivity index (χ3v) is 2.61. The quantitative estimate of drug-likeness (QED) is 0.735. The SMILES string of the molecule is CC(C)NCCCN(C)Cc1cccc(F)c1. The first kappa shape index (κ1) is 14.1. The van der Waals surface area contributed by atoms with Gasteiger partial charge in [-0.3, -0.25) is 0 Å². The smallest absolute Gasteiger partial charge is 0.123 e. The molecule has 17 heavy (non-hydrogen) atoms. The molecule has 0 saturated carbocycles. The maximum atomic E-state index is 13.0. The molecule has 96 valence electrons. The minimum Gasteiger partial charge on any atom is -0.314 e. The van der Waals surface area contributed by atoms with Crippen LogP contribution in [0.4, 0.5) is 4.39 Å². The van der Waals surface area contributed by atoms with Crippen molar-refractivity contribution in [3.63, 3.8) is 0 Å². The van der Waals surface area contributed by atoms with Crippen molar-refractivity contribution in [2.75, 3.05) is 20.1 Å². The number of hydrogen-bond donors (Lipinski definition) is 1. The van der Waals surface area contributed by atoms with Gasteiger partial charge in [-0.25, -0.2) is 4.39 Å². The molecule has 0 aromatic heterocycles. The zero-order valence-corrected chi connectivity index (χ0v) is 11.0. The summed E-state index contributed by atoms with van der Waals surface area (Å²) in [5.74, 6) is -0.155. The van der Waals surface area contributed by atoms with Gasteiger partial charge in [0.15, 0.2) is 0 Å². The van der Waals surface area contributed by atoms with E-state index in [0.717, 1.165) is 31.6 Å². The van der Waals surface area contributed by atoms with E-state index in [4.69, 9.17) is 0 Å². The molecule has 2 nitrogen and oxygen atoms in total. The summed E-state index contributed by atoms with van der Waals surface area (Å²) in [6, 6.07) is 7.35. The number of nitrogens with zero attached hydrogens (tertiary/aromatic N) is 1. The summed E-state index contributed by atoms with van der Waals surface area (Å²) < 4.78 is 13.0. The lowest BCUT2D eigenvalue weighted by molar-refractivity contribution is 0.317. The van der Waals surface area contributed by atoms with Crippen molar-refractivity contribution < 1.29 is 4.39 Å². The Labute approximate surface area is 104 Å². The lowest BCUT2D eigenvalue weighted by Gasteiger charge is -2.17. The topological polar surface area (TPSA) is 15.3 Å². The molecule has 0 aliphatic heterocycles. The van der Waals surface area contributed by atoms with Crippen molar-refractivity contribution in [1.82, 2.24) is 10.2 Å². The third-order valence-electron chi connectivity index (χ3n) is 2.61. The lowest BCUT2D eigenvalue weighted by atomic mass is 10.2. The van der Waals surface area contributed by atoms with Gasteiger partial charge in [-0.2, -0.15) is 0 Å². The maximum absolute atomic E-state index is 13.0. The van der Waals surface area contributed by atoms with Gasteiger partial charge in [-0.1, -0.05) is 26.0 Å². The number of hydrogen-bond acceptors (Lipinski definition) is 2. The summed E-state index contributed by atoms with van der Waals surface area (Å²) in [5, 5.41) is 3.39. The molecule has 3 heteroatoms. The Morgan fingerprint density at radius 1 is 1.35 bits per heavy atom. The normalized spacial score (nSPS) is 11.4. The monoisotopic (exact) mass is 238 g/mol. The van der Waals surface area contributed by atoms with Crippen LogP contribution in [-0.2, 0) is 6.54 Å². The Bertz CT molecular complexity index is 326. The molecule has 0 fully saturated rings. The summed E-state index contributed by atoms with van der Waals surface area (Å²) >= 11 is 0. The third kappa shape index (κ3) is 6.39. The predicted molar refractivity (Wildman–Crippen MR) is 70.5 cm³/mol. The van der Waals surface area contributed by atoms with E-state index in [1.54, 1.807) is 12.1 Å². The highest BCUT2D eigenvalue weighted by Crippen LogP contribution is 2.06. The Morgan fingerprint density at radius 3 is 2.76 bits per heavy atom. The minimum absolute atomic E-state index is 0.155. The summed E-state index contributed by atoms with van der Waals surface area (Å²) in [6.45, 7) is 7.16. The molecule has 1 rings (SSSR count). The number of benzene rings is 1. The fourth-order valence-corrected chi connectivity index (χ4v) is 1.77. The van der Waals surface area contributed by atoms with Gasteiger partial charge in [0.05, 0.1) is 0 Å². The van der Waals surface area contributed by atoms with E-state index >= 15 is 0 Å². The molecular weight excluding hydrogens is 215 g/mol. The predicted octanol–water partition coefficient (Wildman–Crippen LogP) is 2.65. The first-order valence-corrected chi connectivity index (χ1v) is 6.24. The summed E-state index contributed by atoms with van der Waals surface area (Å²) in [6.07, 6.45) is 1.12. The summed E-state index contributed by atoms with van der Waals surface area (Å²) in [7, 11) is 2.07. The second kappa shape index (κ2) is 7.41.